The monoisotopic (exact) mass is 358 g/mol. The van der Waals surface area contributed by atoms with E-state index < -0.39 is 0 Å². The summed E-state index contributed by atoms with van der Waals surface area (Å²) in [6, 6.07) is 0.352. The molecular weight excluding hydrogens is 328 g/mol. The molecule has 142 valence electrons. The third-order valence-electron chi connectivity index (χ3n) is 7.23. The molecule has 0 radical (unpaired) electrons. The molecule has 0 spiro atoms. The smallest absolute Gasteiger partial charge is 0.339 e. The number of ether oxygens (including phenoxy) is 1. The predicted molar refractivity (Wildman–Crippen MR) is 99.2 cm³/mol. The van der Waals surface area contributed by atoms with Gasteiger partial charge in [-0.25, -0.2) is 4.79 Å². The van der Waals surface area contributed by atoms with Gasteiger partial charge in [-0.05, 0) is 74.7 Å². The first kappa shape index (κ1) is 17.6. The van der Waals surface area contributed by atoms with Crippen molar-refractivity contribution < 1.29 is 14.3 Å². The van der Waals surface area contributed by atoms with Gasteiger partial charge in [0.1, 0.15) is 5.69 Å². The number of H-pyrrole nitrogens is 1. The highest BCUT2D eigenvalue weighted by Gasteiger charge is 2.50. The van der Waals surface area contributed by atoms with Crippen LogP contribution in [0.1, 0.15) is 71.1 Å². The Labute approximate surface area is 155 Å². The maximum Gasteiger partial charge on any atom is 0.339 e. The zero-order valence-corrected chi connectivity index (χ0v) is 16.3. The molecule has 4 aliphatic rings. The number of esters is 1. The molecule has 0 aromatic carbocycles. The van der Waals surface area contributed by atoms with Crippen molar-refractivity contribution in [1.82, 2.24) is 9.88 Å². The lowest BCUT2D eigenvalue weighted by molar-refractivity contribution is -0.0492. The number of rotatable bonds is 4. The van der Waals surface area contributed by atoms with Crippen LogP contribution in [0, 0.1) is 30.6 Å². The van der Waals surface area contributed by atoms with Gasteiger partial charge in [0.25, 0.3) is 5.91 Å². The van der Waals surface area contributed by atoms with Gasteiger partial charge in [-0.1, -0.05) is 6.92 Å². The van der Waals surface area contributed by atoms with E-state index in [-0.39, 0.29) is 11.9 Å². The number of aromatic nitrogens is 1. The third-order valence-corrected chi connectivity index (χ3v) is 7.23. The molecular formula is C21H30N2O3. The average Bonchev–Trinajstić information content (AvgIpc) is 2.95. The van der Waals surface area contributed by atoms with Crippen LogP contribution >= 0.6 is 0 Å². The number of methoxy groups -OCH3 is 1. The van der Waals surface area contributed by atoms with Gasteiger partial charge in [-0.2, -0.15) is 0 Å². The van der Waals surface area contributed by atoms with Gasteiger partial charge in [0.05, 0.1) is 12.7 Å². The van der Waals surface area contributed by atoms with E-state index in [2.05, 4.69) is 4.98 Å². The lowest BCUT2D eigenvalue weighted by Gasteiger charge is -2.56. The van der Waals surface area contributed by atoms with Crippen LogP contribution in [-0.4, -0.2) is 42.0 Å². The first-order valence-corrected chi connectivity index (χ1v) is 10.0. The zero-order valence-electron chi connectivity index (χ0n) is 16.3. The topological polar surface area (TPSA) is 62.4 Å². The number of carbonyl (C=O) groups is 2. The number of hydrogen-bond acceptors (Lipinski definition) is 3. The third kappa shape index (κ3) is 2.58. The number of hydrogen-bond donors (Lipinski definition) is 1. The fourth-order valence-corrected chi connectivity index (χ4v) is 6.36. The molecule has 5 rings (SSSR count). The molecule has 5 heteroatoms. The van der Waals surface area contributed by atoms with Crippen LogP contribution in [-0.2, 0) is 11.2 Å². The van der Waals surface area contributed by atoms with Gasteiger partial charge in [0, 0.05) is 18.8 Å². The van der Waals surface area contributed by atoms with Crippen molar-refractivity contribution in [1.29, 1.82) is 0 Å². The summed E-state index contributed by atoms with van der Waals surface area (Å²) in [7, 11) is 3.34. The summed E-state index contributed by atoms with van der Waals surface area (Å²) >= 11 is 0. The maximum absolute atomic E-state index is 13.3. The summed E-state index contributed by atoms with van der Waals surface area (Å²) < 4.78 is 4.92. The van der Waals surface area contributed by atoms with Gasteiger partial charge in [-0.15, -0.1) is 0 Å². The molecule has 1 aromatic heterocycles. The fourth-order valence-electron chi connectivity index (χ4n) is 6.36. The molecule has 4 aliphatic carbocycles. The van der Waals surface area contributed by atoms with Gasteiger partial charge in [-0.3, -0.25) is 4.79 Å². The number of amides is 1. The average molecular weight is 358 g/mol. The molecule has 4 bridgehead atoms. The molecule has 4 fully saturated rings. The lowest BCUT2D eigenvalue weighted by Crippen LogP contribution is -2.56. The fraction of sp³-hybridized carbons (Fsp3) is 0.714. The number of aromatic amines is 1. The van der Waals surface area contributed by atoms with Crippen molar-refractivity contribution in [2.45, 2.75) is 58.4 Å². The Bertz CT molecular complexity index is 708. The largest absolute Gasteiger partial charge is 0.465 e. The van der Waals surface area contributed by atoms with Gasteiger partial charge in [0.15, 0.2) is 0 Å². The second kappa shape index (κ2) is 6.43. The summed E-state index contributed by atoms with van der Waals surface area (Å²) in [4.78, 5) is 30.7. The molecule has 5 nitrogen and oxygen atoms in total. The second-order valence-electron chi connectivity index (χ2n) is 8.66. The molecule has 1 heterocycles. The van der Waals surface area contributed by atoms with Gasteiger partial charge < -0.3 is 14.6 Å². The van der Waals surface area contributed by atoms with E-state index in [4.69, 9.17) is 4.74 Å². The van der Waals surface area contributed by atoms with E-state index in [1.54, 1.807) is 0 Å². The Kier molecular flexibility index (Phi) is 4.36. The molecule has 26 heavy (non-hydrogen) atoms. The quantitative estimate of drug-likeness (QED) is 0.837. The predicted octanol–water partition coefficient (Wildman–Crippen LogP) is 3.57. The van der Waals surface area contributed by atoms with Crippen LogP contribution in [0.3, 0.4) is 0 Å². The van der Waals surface area contributed by atoms with Crippen LogP contribution in [0.25, 0.3) is 0 Å². The van der Waals surface area contributed by atoms with E-state index in [0.29, 0.717) is 35.6 Å². The summed E-state index contributed by atoms with van der Waals surface area (Å²) in [5.41, 5.74) is 2.58. The van der Waals surface area contributed by atoms with Crippen molar-refractivity contribution in [2.24, 2.45) is 23.7 Å². The summed E-state index contributed by atoms with van der Waals surface area (Å²) in [5, 5.41) is 0. The molecule has 0 unspecified atom stereocenters. The van der Waals surface area contributed by atoms with E-state index in [9.17, 15) is 9.59 Å². The van der Waals surface area contributed by atoms with E-state index in [1.807, 2.05) is 25.8 Å². The van der Waals surface area contributed by atoms with Crippen molar-refractivity contribution in [2.75, 3.05) is 14.2 Å². The van der Waals surface area contributed by atoms with Crippen molar-refractivity contribution in [3.63, 3.8) is 0 Å². The molecule has 0 atom stereocenters. The number of nitrogens with zero attached hydrogens (tertiary/aromatic N) is 1. The number of carbonyl (C=O) groups excluding carboxylic acids is 2. The van der Waals surface area contributed by atoms with Crippen LogP contribution in [0.15, 0.2) is 0 Å². The normalized spacial score (nSPS) is 31.9. The number of aryl methyl sites for hydroxylation is 1. The maximum atomic E-state index is 13.3. The Morgan fingerprint density at radius 2 is 1.69 bits per heavy atom. The summed E-state index contributed by atoms with van der Waals surface area (Å²) in [6.45, 7) is 3.83. The minimum atomic E-state index is -0.369. The van der Waals surface area contributed by atoms with Gasteiger partial charge in [0.2, 0.25) is 0 Å². The highest BCUT2D eigenvalue weighted by molar-refractivity contribution is 6.00. The Morgan fingerprint density at radius 3 is 2.19 bits per heavy atom. The van der Waals surface area contributed by atoms with E-state index >= 15 is 0 Å². The van der Waals surface area contributed by atoms with E-state index in [0.717, 1.165) is 23.1 Å². The van der Waals surface area contributed by atoms with Gasteiger partial charge >= 0.3 is 5.97 Å². The first-order chi connectivity index (χ1) is 12.4. The summed E-state index contributed by atoms with van der Waals surface area (Å²) in [5.74, 6) is 2.74. The van der Waals surface area contributed by atoms with Crippen LogP contribution in [0.4, 0.5) is 0 Å². The molecule has 1 aromatic rings. The highest BCUT2D eigenvalue weighted by Crippen LogP contribution is 2.55. The molecule has 0 saturated heterocycles. The van der Waals surface area contributed by atoms with Crippen LogP contribution < -0.4 is 0 Å². The lowest BCUT2D eigenvalue weighted by atomic mass is 9.54. The van der Waals surface area contributed by atoms with Crippen molar-refractivity contribution >= 4 is 11.9 Å². The summed E-state index contributed by atoms with van der Waals surface area (Å²) in [6.07, 6.45) is 7.22. The highest BCUT2D eigenvalue weighted by atomic mass is 16.5. The minimum Gasteiger partial charge on any atom is -0.465 e. The Balaban J connectivity index is 1.62. The van der Waals surface area contributed by atoms with Crippen LogP contribution in [0.5, 0.6) is 0 Å². The molecule has 1 amide bonds. The first-order valence-electron chi connectivity index (χ1n) is 10.0. The van der Waals surface area contributed by atoms with Crippen molar-refractivity contribution in [3.05, 3.63) is 22.5 Å². The Morgan fingerprint density at radius 1 is 1.12 bits per heavy atom. The minimum absolute atomic E-state index is 0.0184. The van der Waals surface area contributed by atoms with Crippen molar-refractivity contribution in [3.8, 4) is 0 Å². The van der Waals surface area contributed by atoms with Crippen LogP contribution in [0.2, 0.25) is 0 Å². The van der Waals surface area contributed by atoms with E-state index in [1.165, 1.54) is 39.2 Å². The second-order valence-corrected chi connectivity index (χ2v) is 8.66. The standard InChI is InChI=1S/C21H30N2O3/c1-5-16-17(21(25)26-4)11(2)18(22-16)20(24)23(3)19-14-7-12-6-13(9-14)10-15(19)8-12/h12-15,19,22H,5-10H2,1-4H3. The molecule has 1 N–H and O–H groups in total. The SMILES string of the molecule is CCc1[nH]c(C(=O)N(C)C2C3CC4CC(C3)CC2C4)c(C)c1C(=O)OC. The molecule has 0 aliphatic heterocycles. The Hall–Kier alpha value is -1.78. The number of nitrogens with one attached hydrogen (secondary N) is 1. The molecule has 4 saturated carbocycles. The zero-order chi connectivity index (χ0) is 18.6.